The molecule has 0 aliphatic heterocycles. The van der Waals surface area contributed by atoms with E-state index < -0.39 is 0 Å². The highest BCUT2D eigenvalue weighted by molar-refractivity contribution is 5.94. The van der Waals surface area contributed by atoms with Gasteiger partial charge in [-0.05, 0) is 50.3 Å². The maximum absolute atomic E-state index is 11.7. The molecule has 2 saturated carbocycles. The van der Waals surface area contributed by atoms with Gasteiger partial charge in [-0.25, -0.2) is 0 Å². The predicted molar refractivity (Wildman–Crippen MR) is 78.2 cm³/mol. The van der Waals surface area contributed by atoms with Crippen molar-refractivity contribution in [1.82, 2.24) is 0 Å². The Bertz CT molecular complexity index is 464. The fourth-order valence-electron chi connectivity index (χ4n) is 2.47. The lowest BCUT2D eigenvalue weighted by atomic mass is 10.1. The van der Waals surface area contributed by atoms with Gasteiger partial charge >= 0.3 is 0 Å². The van der Waals surface area contributed by atoms with Gasteiger partial charge in [-0.3, -0.25) is 4.79 Å². The molecular formula is C16H22N2O. The number of anilines is 2. The topological polar surface area (TPSA) is 41.1 Å². The molecule has 2 fully saturated rings. The minimum atomic E-state index is 0.170. The largest absolute Gasteiger partial charge is 0.383 e. The summed E-state index contributed by atoms with van der Waals surface area (Å²) in [6.07, 6.45) is 6.12. The average Bonchev–Trinajstić information content (AvgIpc) is 3.24. The lowest BCUT2D eigenvalue weighted by Crippen LogP contribution is -2.16. The summed E-state index contributed by atoms with van der Waals surface area (Å²) >= 11 is 0. The van der Waals surface area contributed by atoms with Crippen LogP contribution in [-0.4, -0.2) is 11.9 Å². The van der Waals surface area contributed by atoms with E-state index in [1.165, 1.54) is 19.3 Å². The standard InChI is InChI=1S/C16H22N2O/c1-11(9-12-5-6-12)17-14-3-2-4-15(10-14)18-16(19)13-7-8-13/h2-4,10-13,17H,5-9H2,1H3,(H,18,19). The minimum absolute atomic E-state index is 0.170. The van der Waals surface area contributed by atoms with Crippen LogP contribution in [0.1, 0.15) is 39.0 Å². The van der Waals surface area contributed by atoms with E-state index in [1.807, 2.05) is 18.2 Å². The number of carbonyl (C=O) groups is 1. The van der Waals surface area contributed by atoms with Crippen LogP contribution in [0.2, 0.25) is 0 Å². The van der Waals surface area contributed by atoms with E-state index in [9.17, 15) is 4.79 Å². The van der Waals surface area contributed by atoms with E-state index in [1.54, 1.807) is 0 Å². The number of hydrogen-bond donors (Lipinski definition) is 2. The second kappa shape index (κ2) is 5.24. The highest BCUT2D eigenvalue weighted by Crippen LogP contribution is 2.34. The van der Waals surface area contributed by atoms with E-state index in [0.717, 1.165) is 30.1 Å². The van der Waals surface area contributed by atoms with Gasteiger partial charge in [0.1, 0.15) is 0 Å². The molecular weight excluding hydrogens is 236 g/mol. The first-order chi connectivity index (χ1) is 9.20. The van der Waals surface area contributed by atoms with Crippen LogP contribution in [0.25, 0.3) is 0 Å². The molecule has 1 unspecified atom stereocenters. The number of amides is 1. The summed E-state index contributed by atoms with van der Waals surface area (Å²) in [6.45, 7) is 2.23. The number of hydrogen-bond acceptors (Lipinski definition) is 2. The van der Waals surface area contributed by atoms with Crippen molar-refractivity contribution in [3.63, 3.8) is 0 Å². The van der Waals surface area contributed by atoms with Crippen molar-refractivity contribution < 1.29 is 4.79 Å². The number of rotatable bonds is 6. The molecule has 3 nitrogen and oxygen atoms in total. The molecule has 0 saturated heterocycles. The van der Waals surface area contributed by atoms with Gasteiger partial charge in [0.2, 0.25) is 5.91 Å². The molecule has 0 heterocycles. The molecule has 1 amide bonds. The Morgan fingerprint density at radius 3 is 2.68 bits per heavy atom. The zero-order valence-corrected chi connectivity index (χ0v) is 11.5. The zero-order chi connectivity index (χ0) is 13.2. The van der Waals surface area contributed by atoms with E-state index in [2.05, 4.69) is 23.6 Å². The highest BCUT2D eigenvalue weighted by atomic mass is 16.2. The molecule has 0 bridgehead atoms. The molecule has 2 N–H and O–H groups in total. The van der Waals surface area contributed by atoms with Crippen LogP contribution in [-0.2, 0) is 4.79 Å². The van der Waals surface area contributed by atoms with Gasteiger partial charge < -0.3 is 10.6 Å². The van der Waals surface area contributed by atoms with Crippen molar-refractivity contribution in [2.45, 2.75) is 45.1 Å². The molecule has 3 heteroatoms. The van der Waals surface area contributed by atoms with Crippen LogP contribution in [0.3, 0.4) is 0 Å². The van der Waals surface area contributed by atoms with Gasteiger partial charge in [-0.2, -0.15) is 0 Å². The van der Waals surface area contributed by atoms with Crippen molar-refractivity contribution in [1.29, 1.82) is 0 Å². The SMILES string of the molecule is CC(CC1CC1)Nc1cccc(NC(=O)C2CC2)c1. The van der Waals surface area contributed by atoms with E-state index >= 15 is 0 Å². The third-order valence-electron chi connectivity index (χ3n) is 3.88. The summed E-state index contributed by atoms with van der Waals surface area (Å²) in [4.78, 5) is 11.7. The Morgan fingerprint density at radius 2 is 2.00 bits per heavy atom. The van der Waals surface area contributed by atoms with Gasteiger partial charge in [-0.15, -0.1) is 0 Å². The van der Waals surface area contributed by atoms with Gasteiger partial charge in [0.15, 0.2) is 0 Å². The molecule has 1 atom stereocenters. The van der Waals surface area contributed by atoms with E-state index in [0.29, 0.717) is 6.04 Å². The molecule has 0 radical (unpaired) electrons. The zero-order valence-electron chi connectivity index (χ0n) is 11.5. The Hall–Kier alpha value is -1.51. The van der Waals surface area contributed by atoms with Gasteiger partial charge in [0.05, 0.1) is 0 Å². The Labute approximate surface area is 114 Å². The monoisotopic (exact) mass is 258 g/mol. The first-order valence-electron chi connectivity index (χ1n) is 7.38. The average molecular weight is 258 g/mol. The van der Waals surface area contributed by atoms with Crippen LogP contribution < -0.4 is 10.6 Å². The second-order valence-electron chi connectivity index (χ2n) is 6.07. The third kappa shape index (κ3) is 3.72. The Kier molecular flexibility index (Phi) is 3.45. The van der Waals surface area contributed by atoms with Crippen LogP contribution in [0.4, 0.5) is 11.4 Å². The van der Waals surface area contributed by atoms with Crippen LogP contribution in [0.5, 0.6) is 0 Å². The summed E-state index contributed by atoms with van der Waals surface area (Å²) < 4.78 is 0. The molecule has 1 aromatic carbocycles. The number of carbonyl (C=O) groups excluding carboxylic acids is 1. The molecule has 3 rings (SSSR count). The van der Waals surface area contributed by atoms with Crippen LogP contribution in [0, 0.1) is 11.8 Å². The smallest absolute Gasteiger partial charge is 0.227 e. The molecule has 0 aromatic heterocycles. The van der Waals surface area contributed by atoms with Crippen molar-refractivity contribution in [3.05, 3.63) is 24.3 Å². The number of nitrogens with one attached hydrogen (secondary N) is 2. The maximum Gasteiger partial charge on any atom is 0.227 e. The van der Waals surface area contributed by atoms with Crippen molar-refractivity contribution in [3.8, 4) is 0 Å². The van der Waals surface area contributed by atoms with E-state index in [-0.39, 0.29) is 11.8 Å². The summed E-state index contributed by atoms with van der Waals surface area (Å²) in [7, 11) is 0. The molecule has 2 aliphatic rings. The summed E-state index contributed by atoms with van der Waals surface area (Å²) in [5.74, 6) is 1.36. The second-order valence-corrected chi connectivity index (χ2v) is 6.07. The normalized spacial score (nSPS) is 19.8. The molecule has 1 aromatic rings. The molecule has 0 spiro atoms. The Morgan fingerprint density at radius 1 is 1.26 bits per heavy atom. The summed E-state index contributed by atoms with van der Waals surface area (Å²) in [6, 6.07) is 8.55. The quantitative estimate of drug-likeness (QED) is 0.818. The summed E-state index contributed by atoms with van der Waals surface area (Å²) in [5, 5.41) is 6.51. The van der Waals surface area contributed by atoms with Crippen LogP contribution in [0.15, 0.2) is 24.3 Å². The molecule has 19 heavy (non-hydrogen) atoms. The lowest BCUT2D eigenvalue weighted by molar-refractivity contribution is -0.117. The number of benzene rings is 1. The van der Waals surface area contributed by atoms with Gasteiger partial charge in [-0.1, -0.05) is 18.9 Å². The van der Waals surface area contributed by atoms with Crippen molar-refractivity contribution in [2.75, 3.05) is 10.6 Å². The summed E-state index contributed by atoms with van der Waals surface area (Å²) in [5.41, 5.74) is 2.00. The van der Waals surface area contributed by atoms with Crippen molar-refractivity contribution >= 4 is 17.3 Å². The fraction of sp³-hybridized carbons (Fsp3) is 0.562. The molecule has 102 valence electrons. The third-order valence-corrected chi connectivity index (χ3v) is 3.88. The first-order valence-corrected chi connectivity index (χ1v) is 7.38. The maximum atomic E-state index is 11.7. The highest BCUT2D eigenvalue weighted by Gasteiger charge is 2.29. The van der Waals surface area contributed by atoms with E-state index in [4.69, 9.17) is 0 Å². The first kappa shape index (κ1) is 12.5. The van der Waals surface area contributed by atoms with Crippen molar-refractivity contribution in [2.24, 2.45) is 11.8 Å². The molecule has 2 aliphatic carbocycles. The fourth-order valence-corrected chi connectivity index (χ4v) is 2.47. The van der Waals surface area contributed by atoms with Crippen LogP contribution >= 0.6 is 0 Å². The minimum Gasteiger partial charge on any atom is -0.383 e. The van der Waals surface area contributed by atoms with Gasteiger partial charge in [0, 0.05) is 23.3 Å². The van der Waals surface area contributed by atoms with Gasteiger partial charge in [0.25, 0.3) is 0 Å². The predicted octanol–water partition coefficient (Wildman–Crippen LogP) is 3.64. The Balaban J connectivity index is 1.56. The lowest BCUT2D eigenvalue weighted by Gasteiger charge is -2.15.